The van der Waals surface area contributed by atoms with E-state index in [9.17, 15) is 0 Å². The molecule has 0 radical (unpaired) electrons. The number of rotatable bonds is 0. The van der Waals surface area contributed by atoms with Crippen LogP contribution in [0.5, 0.6) is 0 Å². The summed E-state index contributed by atoms with van der Waals surface area (Å²) in [5.41, 5.74) is 1.62. The topological polar surface area (TPSA) is 3.24 Å². The highest BCUT2D eigenvalue weighted by atomic mass is 15.2. The fraction of sp³-hybridized carbons (Fsp3) is 0.923. The molecule has 0 amide bonds. The van der Waals surface area contributed by atoms with Gasteiger partial charge in [0.15, 0.2) is 0 Å². The van der Waals surface area contributed by atoms with Crippen LogP contribution in [0.4, 0.5) is 0 Å². The largest absolute Gasteiger partial charge is 0.369 e. The van der Waals surface area contributed by atoms with E-state index in [1.54, 1.807) is 5.70 Å². The minimum absolute atomic E-state index is 0. The number of hydrogen-bond donors (Lipinski definition) is 0. The molecule has 0 aromatic heterocycles. The van der Waals surface area contributed by atoms with Crippen LogP contribution in [0.2, 0.25) is 0 Å². The SMILES string of the molecule is C.C.C.CCC.CCC.CCC.C[C@@H]1[C@H](C)[C@H](C)C2=C[C@H](C)[C@H](C)N2[C@@H]1C. The van der Waals surface area contributed by atoms with Crippen molar-refractivity contribution in [1.29, 1.82) is 0 Å². The highest BCUT2D eigenvalue weighted by molar-refractivity contribution is 5.21. The van der Waals surface area contributed by atoms with Crippen molar-refractivity contribution in [2.45, 2.75) is 137 Å². The molecule has 0 aromatic rings. The summed E-state index contributed by atoms with van der Waals surface area (Å²) < 4.78 is 0. The van der Waals surface area contributed by atoms with Crippen LogP contribution < -0.4 is 0 Å². The maximum atomic E-state index is 2.68. The van der Waals surface area contributed by atoms with Crippen molar-refractivity contribution in [3.05, 3.63) is 11.8 Å². The number of allylic oxidation sites excluding steroid dienone is 1. The second-order valence-electron chi connectivity index (χ2n) is 7.97. The van der Waals surface area contributed by atoms with Crippen LogP contribution in [0.3, 0.4) is 0 Å². The van der Waals surface area contributed by atoms with E-state index in [0.717, 1.165) is 23.7 Å². The Morgan fingerprint density at radius 3 is 1.30 bits per heavy atom. The van der Waals surface area contributed by atoms with Crippen LogP contribution in [0.15, 0.2) is 11.8 Å². The summed E-state index contributed by atoms with van der Waals surface area (Å²) >= 11 is 0. The lowest BCUT2D eigenvalue weighted by molar-refractivity contribution is 0.0600. The number of nitrogens with zero attached hydrogens (tertiary/aromatic N) is 1. The predicted molar refractivity (Wildman–Crippen MR) is 134 cm³/mol. The van der Waals surface area contributed by atoms with E-state index in [1.807, 2.05) is 0 Å². The van der Waals surface area contributed by atoms with Gasteiger partial charge in [-0.05, 0) is 37.5 Å². The summed E-state index contributed by atoms with van der Waals surface area (Å²) in [6, 6.07) is 1.41. The average Bonchev–Trinajstić information content (AvgIpc) is 2.81. The third kappa shape index (κ3) is 11.2. The van der Waals surface area contributed by atoms with Crippen LogP contribution in [-0.2, 0) is 0 Å². The van der Waals surface area contributed by atoms with Crippen molar-refractivity contribution in [2.75, 3.05) is 0 Å². The highest BCUT2D eigenvalue weighted by Gasteiger charge is 2.43. The Kier molecular flexibility index (Phi) is 28.0. The maximum absolute atomic E-state index is 2.68. The number of hydrogen-bond acceptors (Lipinski definition) is 1. The van der Waals surface area contributed by atoms with Gasteiger partial charge in [-0.2, -0.15) is 0 Å². The van der Waals surface area contributed by atoms with Gasteiger partial charge in [0.1, 0.15) is 0 Å². The van der Waals surface area contributed by atoms with Crippen LogP contribution in [0.1, 0.15) is 125 Å². The van der Waals surface area contributed by atoms with Gasteiger partial charge in [-0.3, -0.25) is 0 Å². The van der Waals surface area contributed by atoms with Crippen LogP contribution in [0, 0.1) is 23.7 Å². The smallest absolute Gasteiger partial charge is 0.0322 e. The number of fused-ring (bicyclic) bond motifs is 1. The molecule has 0 aliphatic carbocycles. The lowest BCUT2D eigenvalue weighted by Gasteiger charge is -2.48. The molecule has 27 heavy (non-hydrogen) atoms. The molecule has 0 N–H and O–H groups in total. The molecular formula is C26H61N. The first kappa shape index (κ1) is 37.3. The fourth-order valence-corrected chi connectivity index (χ4v) is 3.39. The van der Waals surface area contributed by atoms with Crippen molar-refractivity contribution in [3.8, 4) is 0 Å². The van der Waals surface area contributed by atoms with Gasteiger partial charge in [-0.15, -0.1) is 0 Å². The number of piperidine rings is 1. The Hall–Kier alpha value is -0.460. The molecule has 0 unspecified atom stereocenters. The van der Waals surface area contributed by atoms with Gasteiger partial charge < -0.3 is 4.90 Å². The lowest BCUT2D eigenvalue weighted by Crippen LogP contribution is -2.49. The van der Waals surface area contributed by atoms with E-state index < -0.39 is 0 Å². The van der Waals surface area contributed by atoms with Gasteiger partial charge in [-0.25, -0.2) is 0 Å². The first-order valence-corrected chi connectivity index (χ1v) is 10.7. The normalized spacial score (nSPS) is 29.9. The standard InChI is InChI=1S/C14H25N.3C3H8.3CH4/c1-8-7-14-11(4)9(2)10(3)13(6)15(14)12(8)5;3*1-3-2;;;/h7-13H,1-6H3;3*3H2,1-2H3;3*1H4/t8-,9-,10+,11-,12-,13+;;;;;;/m0....../s1. The molecule has 2 heterocycles. The fourth-order valence-electron chi connectivity index (χ4n) is 3.39. The van der Waals surface area contributed by atoms with E-state index in [4.69, 9.17) is 0 Å². The van der Waals surface area contributed by atoms with Gasteiger partial charge in [0.2, 0.25) is 0 Å². The van der Waals surface area contributed by atoms with Crippen LogP contribution in [0.25, 0.3) is 0 Å². The van der Waals surface area contributed by atoms with Crippen molar-refractivity contribution in [3.63, 3.8) is 0 Å². The zero-order chi connectivity index (χ0) is 19.4. The van der Waals surface area contributed by atoms with E-state index in [0.29, 0.717) is 12.1 Å². The Labute approximate surface area is 177 Å². The first-order chi connectivity index (χ1) is 11.2. The maximum Gasteiger partial charge on any atom is 0.0322 e. The molecule has 1 nitrogen and oxygen atoms in total. The van der Waals surface area contributed by atoms with E-state index in [1.165, 1.54) is 19.3 Å². The molecule has 2 rings (SSSR count). The Bertz CT molecular complexity index is 315. The lowest BCUT2D eigenvalue weighted by atomic mass is 9.75. The molecule has 1 saturated heterocycles. The molecule has 1 fully saturated rings. The summed E-state index contributed by atoms with van der Waals surface area (Å²) in [5, 5.41) is 0. The van der Waals surface area contributed by atoms with Crippen molar-refractivity contribution >= 4 is 0 Å². The first-order valence-electron chi connectivity index (χ1n) is 10.7. The molecule has 0 saturated carbocycles. The highest BCUT2D eigenvalue weighted by Crippen LogP contribution is 2.45. The quantitative estimate of drug-likeness (QED) is 0.399. The van der Waals surface area contributed by atoms with Gasteiger partial charge in [0, 0.05) is 17.8 Å². The minimum atomic E-state index is 0. The predicted octanol–water partition coefficient (Wildman–Crippen LogP) is 9.68. The molecule has 2 aliphatic rings. The van der Waals surface area contributed by atoms with E-state index in [-0.39, 0.29) is 22.3 Å². The van der Waals surface area contributed by atoms with Gasteiger partial charge in [0.25, 0.3) is 0 Å². The summed E-state index contributed by atoms with van der Waals surface area (Å²) in [7, 11) is 0. The second-order valence-corrected chi connectivity index (χ2v) is 7.97. The van der Waals surface area contributed by atoms with Crippen molar-refractivity contribution < 1.29 is 0 Å². The molecule has 170 valence electrons. The molecule has 0 spiro atoms. The molecule has 0 aromatic carbocycles. The second kappa shape index (κ2) is 20.3. The summed E-state index contributed by atoms with van der Waals surface area (Å²) in [5.74, 6) is 3.09. The average molecular weight is 388 g/mol. The van der Waals surface area contributed by atoms with Crippen LogP contribution >= 0.6 is 0 Å². The molecule has 0 bridgehead atoms. The zero-order valence-electron chi connectivity index (χ0n) is 19.1. The third-order valence-corrected chi connectivity index (χ3v) is 5.22. The van der Waals surface area contributed by atoms with Crippen molar-refractivity contribution in [2.24, 2.45) is 23.7 Å². The monoisotopic (exact) mass is 387 g/mol. The molecule has 2 aliphatic heterocycles. The molecule has 1 heteroatoms. The zero-order valence-corrected chi connectivity index (χ0v) is 19.1. The third-order valence-electron chi connectivity index (χ3n) is 5.22. The Morgan fingerprint density at radius 2 is 0.963 bits per heavy atom. The van der Waals surface area contributed by atoms with E-state index >= 15 is 0 Å². The van der Waals surface area contributed by atoms with Gasteiger partial charge >= 0.3 is 0 Å². The minimum Gasteiger partial charge on any atom is -0.369 e. The van der Waals surface area contributed by atoms with Crippen LogP contribution in [-0.4, -0.2) is 17.0 Å². The molecule has 6 atom stereocenters. The van der Waals surface area contributed by atoms with E-state index in [2.05, 4.69) is 94.1 Å². The Balaban J connectivity index is -0.000000116. The summed E-state index contributed by atoms with van der Waals surface area (Å²) in [6.07, 6.45) is 6.26. The summed E-state index contributed by atoms with van der Waals surface area (Å²) in [6.45, 7) is 27.1. The summed E-state index contributed by atoms with van der Waals surface area (Å²) in [4.78, 5) is 2.68. The Morgan fingerprint density at radius 1 is 0.630 bits per heavy atom. The van der Waals surface area contributed by atoms with Gasteiger partial charge in [-0.1, -0.05) is 117 Å². The van der Waals surface area contributed by atoms with Gasteiger partial charge in [0.05, 0.1) is 0 Å². The molecular weight excluding hydrogens is 326 g/mol. The van der Waals surface area contributed by atoms with Crippen molar-refractivity contribution in [1.82, 2.24) is 4.90 Å².